The molecule has 0 aromatic carbocycles. The fourth-order valence-electron chi connectivity index (χ4n) is 1.34. The van der Waals surface area contributed by atoms with Gasteiger partial charge in [0.05, 0.1) is 24.8 Å². The molecule has 4 nitrogen and oxygen atoms in total. The van der Waals surface area contributed by atoms with Crippen LogP contribution in [0.3, 0.4) is 0 Å². The van der Waals surface area contributed by atoms with Gasteiger partial charge in [-0.1, -0.05) is 0 Å². The number of nitrogens with zero attached hydrogens (tertiary/aromatic N) is 1. The molecule has 0 saturated carbocycles. The van der Waals surface area contributed by atoms with Crippen LogP contribution in [-0.2, 0) is 16.0 Å². The monoisotopic (exact) mass is 248 g/mol. The summed E-state index contributed by atoms with van der Waals surface area (Å²) in [6, 6.07) is 0. The maximum atomic E-state index is 13.3. The van der Waals surface area contributed by atoms with Crippen molar-refractivity contribution in [2.45, 2.75) is 19.8 Å². The highest BCUT2D eigenvalue weighted by Gasteiger charge is 2.23. The zero-order valence-corrected chi connectivity index (χ0v) is 9.04. The Bertz CT molecular complexity index is 424. The molecule has 1 aromatic heterocycles. The Balaban J connectivity index is 3.12. The molecule has 0 aliphatic carbocycles. The largest absolute Gasteiger partial charge is 0.466 e. The molecule has 0 saturated heterocycles. The average Bonchev–Trinajstić information content (AvgIpc) is 2.23. The van der Waals surface area contributed by atoms with Crippen LogP contribution in [0.5, 0.6) is 0 Å². The molecule has 7 heteroatoms. The van der Waals surface area contributed by atoms with E-state index in [1.165, 1.54) is 0 Å². The first-order valence-corrected chi connectivity index (χ1v) is 4.83. The van der Waals surface area contributed by atoms with E-state index < -0.39 is 41.6 Å². The van der Waals surface area contributed by atoms with Crippen molar-refractivity contribution < 1.29 is 22.7 Å². The molecule has 1 heterocycles. The molecule has 0 aliphatic rings. The van der Waals surface area contributed by atoms with E-state index in [9.17, 15) is 18.0 Å². The number of ether oxygens (including phenoxy) is 1. The highest BCUT2D eigenvalue weighted by Crippen LogP contribution is 2.29. The van der Waals surface area contributed by atoms with Crippen molar-refractivity contribution in [1.82, 2.24) is 4.98 Å². The normalized spacial score (nSPS) is 10.6. The van der Waals surface area contributed by atoms with E-state index >= 15 is 0 Å². The van der Waals surface area contributed by atoms with Crippen LogP contribution < -0.4 is 5.73 Å². The Hall–Kier alpha value is -1.79. The van der Waals surface area contributed by atoms with E-state index in [2.05, 4.69) is 9.72 Å². The second kappa shape index (κ2) is 5.51. The highest BCUT2D eigenvalue weighted by molar-refractivity contribution is 5.73. The molecule has 0 radical (unpaired) electrons. The zero-order chi connectivity index (χ0) is 13.0. The summed E-state index contributed by atoms with van der Waals surface area (Å²) in [4.78, 5) is 14.4. The van der Waals surface area contributed by atoms with E-state index in [1.54, 1.807) is 6.92 Å². The first kappa shape index (κ1) is 13.3. The molecule has 0 spiro atoms. The van der Waals surface area contributed by atoms with Gasteiger partial charge in [0.15, 0.2) is 0 Å². The minimum Gasteiger partial charge on any atom is -0.466 e. The summed E-state index contributed by atoms with van der Waals surface area (Å²) in [6.07, 6.45) is -2.88. The van der Waals surface area contributed by atoms with Crippen molar-refractivity contribution >= 4 is 11.8 Å². The summed E-state index contributed by atoms with van der Waals surface area (Å²) in [5.74, 6) is -2.28. The zero-order valence-electron chi connectivity index (χ0n) is 9.04. The highest BCUT2D eigenvalue weighted by atomic mass is 19.3. The number of rotatable bonds is 4. The minimum absolute atomic E-state index is 0.0883. The fraction of sp³-hybridized carbons (Fsp3) is 0.400. The number of carbonyl (C=O) groups excluding carboxylic acids is 1. The maximum Gasteiger partial charge on any atom is 0.310 e. The molecule has 0 atom stereocenters. The van der Waals surface area contributed by atoms with Crippen LogP contribution in [0.1, 0.15) is 24.5 Å². The van der Waals surface area contributed by atoms with E-state index in [-0.39, 0.29) is 6.61 Å². The molecule has 0 unspecified atom stereocenters. The molecule has 0 aliphatic heterocycles. The van der Waals surface area contributed by atoms with Crippen molar-refractivity contribution in [2.75, 3.05) is 12.3 Å². The van der Waals surface area contributed by atoms with Gasteiger partial charge >= 0.3 is 5.97 Å². The van der Waals surface area contributed by atoms with Crippen LogP contribution in [0.15, 0.2) is 6.20 Å². The number of hydrogen-bond donors (Lipinski definition) is 1. The van der Waals surface area contributed by atoms with Crippen molar-refractivity contribution in [3.8, 4) is 0 Å². The Labute approximate surface area is 95.6 Å². The molecule has 1 aromatic rings. The van der Waals surface area contributed by atoms with Gasteiger partial charge < -0.3 is 10.5 Å². The van der Waals surface area contributed by atoms with Crippen molar-refractivity contribution in [1.29, 1.82) is 0 Å². The van der Waals surface area contributed by atoms with Crippen LogP contribution in [0.25, 0.3) is 0 Å². The Kier molecular flexibility index (Phi) is 4.30. The van der Waals surface area contributed by atoms with Crippen LogP contribution in [0.4, 0.5) is 19.0 Å². The smallest absolute Gasteiger partial charge is 0.310 e. The number of aromatic nitrogens is 1. The summed E-state index contributed by atoms with van der Waals surface area (Å²) < 4.78 is 43.2. The molecule has 0 amide bonds. The molecule has 0 bridgehead atoms. The summed E-state index contributed by atoms with van der Waals surface area (Å²) in [5.41, 5.74) is 4.01. The van der Waals surface area contributed by atoms with Gasteiger partial charge in [-0.3, -0.25) is 4.79 Å². The van der Waals surface area contributed by atoms with Gasteiger partial charge in [-0.15, -0.1) is 0 Å². The number of halogens is 3. The number of anilines is 1. The lowest BCUT2D eigenvalue weighted by atomic mass is 10.1. The fourth-order valence-corrected chi connectivity index (χ4v) is 1.34. The lowest BCUT2D eigenvalue weighted by molar-refractivity contribution is -0.142. The van der Waals surface area contributed by atoms with Crippen LogP contribution in [0.2, 0.25) is 0 Å². The lowest BCUT2D eigenvalue weighted by Gasteiger charge is -2.11. The van der Waals surface area contributed by atoms with Gasteiger partial charge in [-0.2, -0.15) is 0 Å². The molecule has 0 fully saturated rings. The molecular formula is C10H11F3N2O2. The third-order valence-electron chi connectivity index (χ3n) is 2.05. The second-order valence-corrected chi connectivity index (χ2v) is 3.17. The molecule has 1 rings (SSSR count). The van der Waals surface area contributed by atoms with Gasteiger partial charge in [0.25, 0.3) is 6.43 Å². The minimum atomic E-state index is -3.00. The number of pyridine rings is 1. The van der Waals surface area contributed by atoms with Gasteiger partial charge in [-0.25, -0.2) is 18.2 Å². The standard InChI is InChI=1S/C10H11F3N2O2/c1-2-17-7(16)3-5-6(11)4-15-10(14)8(5)9(12)13/h4,9H,2-3H2,1H3,(H2,14,15). The molecule has 2 N–H and O–H groups in total. The number of hydrogen-bond acceptors (Lipinski definition) is 4. The number of alkyl halides is 2. The van der Waals surface area contributed by atoms with Crippen molar-refractivity contribution in [2.24, 2.45) is 0 Å². The lowest BCUT2D eigenvalue weighted by Crippen LogP contribution is -2.13. The third kappa shape index (κ3) is 3.08. The quantitative estimate of drug-likeness (QED) is 0.826. The van der Waals surface area contributed by atoms with E-state index in [4.69, 9.17) is 5.73 Å². The summed E-state index contributed by atoms with van der Waals surface area (Å²) in [5, 5.41) is 0. The van der Waals surface area contributed by atoms with Gasteiger partial charge in [0.1, 0.15) is 11.6 Å². The average molecular weight is 248 g/mol. The second-order valence-electron chi connectivity index (χ2n) is 3.17. The third-order valence-corrected chi connectivity index (χ3v) is 2.05. The first-order chi connectivity index (χ1) is 7.97. The molecule has 17 heavy (non-hydrogen) atoms. The summed E-state index contributed by atoms with van der Waals surface area (Å²) >= 11 is 0. The van der Waals surface area contributed by atoms with Gasteiger partial charge in [-0.05, 0) is 6.92 Å². The SMILES string of the molecule is CCOC(=O)Cc1c(F)cnc(N)c1C(F)F. The van der Waals surface area contributed by atoms with Crippen molar-refractivity contribution in [3.63, 3.8) is 0 Å². The number of carbonyl (C=O) groups is 1. The first-order valence-electron chi connectivity index (χ1n) is 4.83. The number of nitrogen functional groups attached to an aromatic ring is 1. The Morgan fingerprint density at radius 2 is 2.24 bits per heavy atom. The molecule has 94 valence electrons. The van der Waals surface area contributed by atoms with Crippen LogP contribution in [-0.4, -0.2) is 17.6 Å². The summed E-state index contributed by atoms with van der Waals surface area (Å²) in [7, 11) is 0. The van der Waals surface area contributed by atoms with E-state index in [1.807, 2.05) is 0 Å². The number of nitrogens with two attached hydrogens (primary N) is 1. The van der Waals surface area contributed by atoms with Crippen LogP contribution in [0, 0.1) is 5.82 Å². The van der Waals surface area contributed by atoms with Crippen molar-refractivity contribution in [3.05, 3.63) is 23.1 Å². The van der Waals surface area contributed by atoms with E-state index in [0.717, 1.165) is 0 Å². The predicted octanol–water partition coefficient (Wildman–Crippen LogP) is 1.85. The Morgan fingerprint density at radius 1 is 1.59 bits per heavy atom. The van der Waals surface area contributed by atoms with Gasteiger partial charge in [0.2, 0.25) is 0 Å². The predicted molar refractivity (Wildman–Crippen MR) is 53.9 cm³/mol. The number of esters is 1. The maximum absolute atomic E-state index is 13.3. The Morgan fingerprint density at radius 3 is 2.76 bits per heavy atom. The summed E-state index contributed by atoms with van der Waals surface area (Å²) in [6.45, 7) is 1.65. The van der Waals surface area contributed by atoms with Gasteiger partial charge in [0, 0.05) is 5.56 Å². The van der Waals surface area contributed by atoms with E-state index in [0.29, 0.717) is 6.20 Å². The van der Waals surface area contributed by atoms with Crippen LogP contribution >= 0.6 is 0 Å². The topological polar surface area (TPSA) is 65.2 Å². The molecular weight excluding hydrogens is 237 g/mol.